The summed E-state index contributed by atoms with van der Waals surface area (Å²) in [4.78, 5) is 10.9. The van der Waals surface area contributed by atoms with Crippen molar-refractivity contribution in [2.45, 2.75) is 19.8 Å². The van der Waals surface area contributed by atoms with Crippen LogP contribution in [0.3, 0.4) is 0 Å². The molecule has 0 aliphatic heterocycles. The molecule has 1 aromatic rings. The quantitative estimate of drug-likeness (QED) is 0.498. The Morgan fingerprint density at radius 2 is 2.21 bits per heavy atom. The third kappa shape index (κ3) is 4.75. The van der Waals surface area contributed by atoms with E-state index in [0.717, 1.165) is 18.9 Å². The number of nitrogen functional groups attached to an aromatic ring is 1. The number of anilines is 2. The molecule has 4 N–H and O–H groups in total. The lowest BCUT2D eigenvalue weighted by molar-refractivity contribution is 0.0698. The molecule has 0 heterocycles. The number of halogens is 1. The van der Waals surface area contributed by atoms with Crippen LogP contribution in [0.1, 0.15) is 30.1 Å². The number of rotatable bonds is 8. The smallest absolute Gasteiger partial charge is 0.337 e. The van der Waals surface area contributed by atoms with Crippen molar-refractivity contribution in [3.05, 3.63) is 23.5 Å². The molecule has 0 aliphatic carbocycles. The third-order valence-electron chi connectivity index (χ3n) is 2.57. The predicted molar refractivity (Wildman–Crippen MR) is 72.0 cm³/mol. The van der Waals surface area contributed by atoms with Crippen molar-refractivity contribution in [2.75, 3.05) is 30.8 Å². The zero-order valence-electron chi connectivity index (χ0n) is 10.9. The summed E-state index contributed by atoms with van der Waals surface area (Å²) in [5.41, 5.74) is 5.34. The molecule has 0 spiro atoms. The van der Waals surface area contributed by atoms with E-state index in [1.165, 1.54) is 6.07 Å². The fourth-order valence-corrected chi connectivity index (χ4v) is 1.52. The van der Waals surface area contributed by atoms with Gasteiger partial charge in [0.2, 0.25) is 0 Å². The van der Waals surface area contributed by atoms with Gasteiger partial charge in [-0.3, -0.25) is 0 Å². The number of nitrogens with two attached hydrogens (primary N) is 1. The molecule has 0 radical (unpaired) electrons. The van der Waals surface area contributed by atoms with E-state index in [1.807, 2.05) is 0 Å². The topological polar surface area (TPSA) is 84.6 Å². The highest BCUT2D eigenvalue weighted by molar-refractivity contribution is 5.94. The molecule has 0 amide bonds. The van der Waals surface area contributed by atoms with Crippen molar-refractivity contribution in [1.82, 2.24) is 0 Å². The van der Waals surface area contributed by atoms with Gasteiger partial charge in [0, 0.05) is 18.8 Å². The number of nitrogens with one attached hydrogen (secondary N) is 1. The van der Waals surface area contributed by atoms with Gasteiger partial charge in [-0.1, -0.05) is 13.3 Å². The molecule has 0 bridgehead atoms. The monoisotopic (exact) mass is 270 g/mol. The normalized spacial score (nSPS) is 10.4. The van der Waals surface area contributed by atoms with Gasteiger partial charge in [0.05, 0.1) is 17.9 Å². The predicted octanol–water partition coefficient (Wildman–Crippen LogP) is 2.33. The summed E-state index contributed by atoms with van der Waals surface area (Å²) in [5, 5.41) is 11.7. The molecule has 0 saturated carbocycles. The maximum absolute atomic E-state index is 13.5. The van der Waals surface area contributed by atoms with Crippen molar-refractivity contribution in [3.8, 4) is 0 Å². The van der Waals surface area contributed by atoms with Crippen LogP contribution in [0.25, 0.3) is 0 Å². The number of ether oxygens (including phenoxy) is 1. The van der Waals surface area contributed by atoms with Crippen molar-refractivity contribution in [1.29, 1.82) is 0 Å². The number of carboxylic acids is 1. The maximum atomic E-state index is 13.5. The van der Waals surface area contributed by atoms with Gasteiger partial charge in [0.15, 0.2) is 0 Å². The molecule has 19 heavy (non-hydrogen) atoms. The second-order valence-electron chi connectivity index (χ2n) is 4.12. The number of benzene rings is 1. The Hall–Kier alpha value is -1.82. The van der Waals surface area contributed by atoms with Gasteiger partial charge < -0.3 is 20.9 Å². The van der Waals surface area contributed by atoms with Gasteiger partial charge in [-0.2, -0.15) is 0 Å². The van der Waals surface area contributed by atoms with Crippen LogP contribution in [-0.4, -0.2) is 30.8 Å². The summed E-state index contributed by atoms with van der Waals surface area (Å²) in [6.45, 7) is 3.58. The van der Waals surface area contributed by atoms with Crippen molar-refractivity contribution >= 4 is 17.3 Å². The third-order valence-corrected chi connectivity index (χ3v) is 2.57. The minimum atomic E-state index is -1.18. The first-order valence-corrected chi connectivity index (χ1v) is 6.20. The van der Waals surface area contributed by atoms with E-state index in [-0.39, 0.29) is 16.9 Å². The lowest BCUT2D eigenvalue weighted by Gasteiger charge is -2.10. The van der Waals surface area contributed by atoms with Crippen LogP contribution < -0.4 is 11.1 Å². The number of hydrogen-bond donors (Lipinski definition) is 3. The van der Waals surface area contributed by atoms with Crippen LogP contribution >= 0.6 is 0 Å². The highest BCUT2D eigenvalue weighted by Crippen LogP contribution is 2.22. The lowest BCUT2D eigenvalue weighted by atomic mass is 10.1. The Morgan fingerprint density at radius 1 is 1.47 bits per heavy atom. The van der Waals surface area contributed by atoms with Crippen molar-refractivity contribution in [3.63, 3.8) is 0 Å². The molecule has 0 fully saturated rings. The zero-order chi connectivity index (χ0) is 14.3. The van der Waals surface area contributed by atoms with Crippen LogP contribution in [0.5, 0.6) is 0 Å². The van der Waals surface area contributed by atoms with E-state index in [1.54, 1.807) is 0 Å². The second kappa shape index (κ2) is 7.58. The van der Waals surface area contributed by atoms with Crippen LogP contribution in [0, 0.1) is 5.82 Å². The molecule has 0 atom stereocenters. The van der Waals surface area contributed by atoms with Crippen LogP contribution in [0.2, 0.25) is 0 Å². The molecule has 0 saturated heterocycles. The van der Waals surface area contributed by atoms with Gasteiger partial charge in [0.25, 0.3) is 0 Å². The Balaban J connectivity index is 2.53. The van der Waals surface area contributed by atoms with E-state index in [0.29, 0.717) is 19.8 Å². The van der Waals surface area contributed by atoms with E-state index < -0.39 is 11.8 Å². The van der Waals surface area contributed by atoms with Gasteiger partial charge in [-0.25, -0.2) is 9.18 Å². The van der Waals surface area contributed by atoms with E-state index >= 15 is 0 Å². The van der Waals surface area contributed by atoms with Crippen molar-refractivity contribution < 1.29 is 19.0 Å². The van der Waals surface area contributed by atoms with Gasteiger partial charge in [0.1, 0.15) is 5.82 Å². The molecule has 6 heteroatoms. The highest BCUT2D eigenvalue weighted by Gasteiger charge is 2.12. The molecule has 5 nitrogen and oxygen atoms in total. The largest absolute Gasteiger partial charge is 0.478 e. The highest BCUT2D eigenvalue weighted by atomic mass is 19.1. The number of hydrogen-bond acceptors (Lipinski definition) is 4. The number of unbranched alkanes of at least 4 members (excludes halogenated alkanes) is 1. The molecule has 0 aliphatic rings. The molecule has 0 unspecified atom stereocenters. The minimum Gasteiger partial charge on any atom is -0.478 e. The van der Waals surface area contributed by atoms with Crippen LogP contribution in [0.4, 0.5) is 15.8 Å². The summed E-state index contributed by atoms with van der Waals surface area (Å²) >= 11 is 0. The SMILES string of the molecule is CCCCOCCNc1cc(C(=O)O)c(N)cc1F. The summed E-state index contributed by atoms with van der Waals surface area (Å²) in [6.07, 6.45) is 2.04. The first-order chi connectivity index (χ1) is 9.06. The molecule has 1 aromatic carbocycles. The lowest BCUT2D eigenvalue weighted by Crippen LogP contribution is -2.12. The van der Waals surface area contributed by atoms with Gasteiger partial charge in [-0.05, 0) is 18.6 Å². The summed E-state index contributed by atoms with van der Waals surface area (Å²) < 4.78 is 18.9. The summed E-state index contributed by atoms with van der Waals surface area (Å²) in [5.74, 6) is -1.75. The zero-order valence-corrected chi connectivity index (χ0v) is 10.9. The van der Waals surface area contributed by atoms with Gasteiger partial charge >= 0.3 is 5.97 Å². The number of aromatic carboxylic acids is 1. The molecular formula is C13H19FN2O3. The van der Waals surface area contributed by atoms with E-state index in [9.17, 15) is 9.18 Å². The Morgan fingerprint density at radius 3 is 2.84 bits per heavy atom. The number of carboxylic acid groups (broad SMARTS) is 1. The Labute approximate surface area is 111 Å². The average molecular weight is 270 g/mol. The molecule has 0 aromatic heterocycles. The summed E-state index contributed by atoms with van der Waals surface area (Å²) in [7, 11) is 0. The maximum Gasteiger partial charge on any atom is 0.337 e. The Bertz CT molecular complexity index is 438. The fourth-order valence-electron chi connectivity index (χ4n) is 1.52. The minimum absolute atomic E-state index is 0.0882. The van der Waals surface area contributed by atoms with Crippen molar-refractivity contribution in [2.24, 2.45) is 0 Å². The molecular weight excluding hydrogens is 251 g/mol. The second-order valence-corrected chi connectivity index (χ2v) is 4.12. The fraction of sp³-hybridized carbons (Fsp3) is 0.462. The first kappa shape index (κ1) is 15.2. The van der Waals surface area contributed by atoms with Crippen LogP contribution in [0.15, 0.2) is 12.1 Å². The van der Waals surface area contributed by atoms with Gasteiger partial charge in [-0.15, -0.1) is 0 Å². The van der Waals surface area contributed by atoms with Crippen LogP contribution in [-0.2, 0) is 4.74 Å². The average Bonchev–Trinajstić information content (AvgIpc) is 2.35. The van der Waals surface area contributed by atoms with E-state index in [4.69, 9.17) is 15.6 Å². The standard InChI is InChI=1S/C13H19FN2O3/c1-2-3-5-19-6-4-16-12-7-9(13(17)18)11(15)8-10(12)14/h7-8,16H,2-6,15H2,1H3,(H,17,18). The summed E-state index contributed by atoms with van der Waals surface area (Å²) in [6, 6.07) is 2.20. The van der Waals surface area contributed by atoms with E-state index in [2.05, 4.69) is 12.2 Å². The molecule has 1 rings (SSSR count). The molecule has 106 valence electrons. The Kier molecular flexibility index (Phi) is 6.08. The number of carbonyl (C=O) groups is 1. The first-order valence-electron chi connectivity index (χ1n) is 6.20.